The van der Waals surface area contributed by atoms with Crippen LogP contribution >= 0.6 is 23.2 Å². The zero-order valence-electron chi connectivity index (χ0n) is 15.0. The van der Waals surface area contributed by atoms with E-state index < -0.39 is 21.9 Å². The van der Waals surface area contributed by atoms with Crippen molar-refractivity contribution in [3.05, 3.63) is 46.4 Å². The Morgan fingerprint density at radius 1 is 1.15 bits per heavy atom. The van der Waals surface area contributed by atoms with E-state index in [-0.39, 0.29) is 15.7 Å². The summed E-state index contributed by atoms with van der Waals surface area (Å²) in [6.45, 7) is 3.12. The number of anilines is 2. The molecular formula is C18H19Cl2NO5S. The van der Waals surface area contributed by atoms with Crippen LogP contribution in [0.5, 0.6) is 5.75 Å². The minimum atomic E-state index is -3.36. The third-order valence-electron chi connectivity index (χ3n) is 3.73. The first kappa shape index (κ1) is 21.3. The topological polar surface area (TPSA) is 81.7 Å². The lowest BCUT2D eigenvalue weighted by Gasteiger charge is -2.18. The number of carbonyl (C=O) groups is 1. The number of hydrogen-bond acceptors (Lipinski definition) is 6. The molecule has 2 aromatic rings. The van der Waals surface area contributed by atoms with Gasteiger partial charge in [-0.25, -0.2) is 13.2 Å². The summed E-state index contributed by atoms with van der Waals surface area (Å²) in [6.07, 6.45) is -0.829. The van der Waals surface area contributed by atoms with Crippen LogP contribution in [0, 0.1) is 0 Å². The molecule has 6 nitrogen and oxygen atoms in total. The lowest BCUT2D eigenvalue weighted by molar-refractivity contribution is -0.147. The highest BCUT2D eigenvalue weighted by Crippen LogP contribution is 2.35. The van der Waals surface area contributed by atoms with Gasteiger partial charge in [0, 0.05) is 5.02 Å². The molecular weight excluding hydrogens is 413 g/mol. The lowest BCUT2D eigenvalue weighted by Crippen LogP contribution is -2.25. The van der Waals surface area contributed by atoms with E-state index in [9.17, 15) is 13.2 Å². The Hall–Kier alpha value is -1.96. The molecule has 1 atom stereocenters. The zero-order chi connectivity index (χ0) is 20.2. The van der Waals surface area contributed by atoms with Crippen LogP contribution in [0.15, 0.2) is 41.3 Å². The van der Waals surface area contributed by atoms with E-state index in [1.54, 1.807) is 38.1 Å². The van der Waals surface area contributed by atoms with Gasteiger partial charge in [-0.3, -0.25) is 0 Å². The van der Waals surface area contributed by atoms with E-state index in [0.29, 0.717) is 22.1 Å². The molecule has 0 unspecified atom stereocenters. The van der Waals surface area contributed by atoms with Crippen LogP contribution in [0.2, 0.25) is 10.0 Å². The monoisotopic (exact) mass is 431 g/mol. The summed E-state index contributed by atoms with van der Waals surface area (Å²) in [5.74, 6) is -0.185. The number of rotatable bonds is 7. The molecule has 0 heterocycles. The SMILES string of the molecule is CCS(=O)(=O)c1ccc(Nc2cc(Cl)ccc2O[C@@H](C)C(=O)OC)c(Cl)c1. The third kappa shape index (κ3) is 5.28. The molecule has 0 aliphatic rings. The van der Waals surface area contributed by atoms with Crippen LogP contribution in [-0.2, 0) is 19.4 Å². The van der Waals surface area contributed by atoms with Crippen molar-refractivity contribution in [3.8, 4) is 5.75 Å². The van der Waals surface area contributed by atoms with E-state index in [4.69, 9.17) is 27.9 Å². The van der Waals surface area contributed by atoms with Crippen molar-refractivity contribution >= 4 is 50.4 Å². The molecule has 0 aliphatic heterocycles. The minimum Gasteiger partial charge on any atom is -0.477 e. The molecule has 2 aromatic carbocycles. The zero-order valence-corrected chi connectivity index (χ0v) is 17.3. The fourth-order valence-electron chi connectivity index (χ4n) is 2.21. The predicted molar refractivity (Wildman–Crippen MR) is 106 cm³/mol. The highest BCUT2D eigenvalue weighted by Gasteiger charge is 2.18. The fraction of sp³-hybridized carbons (Fsp3) is 0.278. The van der Waals surface area contributed by atoms with Crippen LogP contribution in [0.3, 0.4) is 0 Å². The van der Waals surface area contributed by atoms with E-state index >= 15 is 0 Å². The van der Waals surface area contributed by atoms with Gasteiger partial charge in [0.15, 0.2) is 15.9 Å². The molecule has 0 radical (unpaired) electrons. The first-order valence-electron chi connectivity index (χ1n) is 8.01. The molecule has 2 rings (SSSR count). The van der Waals surface area contributed by atoms with Crippen LogP contribution < -0.4 is 10.1 Å². The van der Waals surface area contributed by atoms with Gasteiger partial charge in [0.05, 0.1) is 34.2 Å². The van der Waals surface area contributed by atoms with Crippen molar-refractivity contribution in [2.24, 2.45) is 0 Å². The normalized spacial score (nSPS) is 12.3. The van der Waals surface area contributed by atoms with Gasteiger partial charge in [0.2, 0.25) is 0 Å². The minimum absolute atomic E-state index is 0.0200. The Morgan fingerprint density at radius 3 is 2.44 bits per heavy atom. The smallest absolute Gasteiger partial charge is 0.346 e. The molecule has 0 saturated carbocycles. The average molecular weight is 432 g/mol. The molecule has 146 valence electrons. The summed E-state index contributed by atoms with van der Waals surface area (Å²) in [4.78, 5) is 11.7. The maximum atomic E-state index is 12.0. The summed E-state index contributed by atoms with van der Waals surface area (Å²) in [5.41, 5.74) is 0.927. The van der Waals surface area contributed by atoms with E-state index in [1.165, 1.54) is 19.2 Å². The molecule has 0 aromatic heterocycles. The first-order valence-corrected chi connectivity index (χ1v) is 10.4. The number of halogens is 2. The van der Waals surface area contributed by atoms with Crippen LogP contribution in [0.4, 0.5) is 11.4 Å². The third-order valence-corrected chi connectivity index (χ3v) is 6.01. The van der Waals surface area contributed by atoms with E-state index in [0.717, 1.165) is 0 Å². The van der Waals surface area contributed by atoms with Crippen molar-refractivity contribution in [2.75, 3.05) is 18.2 Å². The molecule has 0 fully saturated rings. The van der Waals surface area contributed by atoms with Crippen molar-refractivity contribution in [3.63, 3.8) is 0 Å². The number of hydrogen-bond donors (Lipinski definition) is 1. The van der Waals surface area contributed by atoms with Crippen LogP contribution in [0.25, 0.3) is 0 Å². The van der Waals surface area contributed by atoms with Gasteiger partial charge in [-0.1, -0.05) is 30.1 Å². The van der Waals surface area contributed by atoms with E-state index in [2.05, 4.69) is 10.1 Å². The molecule has 0 amide bonds. The highest BCUT2D eigenvalue weighted by atomic mass is 35.5. The largest absolute Gasteiger partial charge is 0.477 e. The van der Waals surface area contributed by atoms with Gasteiger partial charge in [-0.15, -0.1) is 0 Å². The van der Waals surface area contributed by atoms with E-state index in [1.807, 2.05) is 0 Å². The summed E-state index contributed by atoms with van der Waals surface area (Å²) in [7, 11) is -2.09. The number of sulfone groups is 1. The molecule has 0 spiro atoms. The fourth-order valence-corrected chi connectivity index (χ4v) is 3.58. The first-order chi connectivity index (χ1) is 12.7. The van der Waals surface area contributed by atoms with Crippen molar-refractivity contribution in [2.45, 2.75) is 24.8 Å². The average Bonchev–Trinajstić information content (AvgIpc) is 2.64. The van der Waals surface area contributed by atoms with Crippen molar-refractivity contribution in [1.29, 1.82) is 0 Å². The molecule has 27 heavy (non-hydrogen) atoms. The Kier molecular flexibility index (Phi) is 6.97. The standard InChI is InChI=1S/C18H19Cl2NO5S/c1-4-27(23,24)13-6-7-15(14(20)10-13)21-16-9-12(19)5-8-17(16)26-11(2)18(22)25-3/h5-11,21H,4H2,1-3H3/t11-/m0/s1. The number of methoxy groups -OCH3 is 1. The molecule has 0 aliphatic carbocycles. The Bertz CT molecular complexity index is 947. The van der Waals surface area contributed by atoms with Gasteiger partial charge in [0.1, 0.15) is 5.75 Å². The summed E-state index contributed by atoms with van der Waals surface area (Å²) >= 11 is 12.3. The lowest BCUT2D eigenvalue weighted by atomic mass is 10.2. The number of carbonyl (C=O) groups excluding carboxylic acids is 1. The van der Waals surface area contributed by atoms with Gasteiger partial charge in [-0.2, -0.15) is 0 Å². The summed E-state index contributed by atoms with van der Waals surface area (Å²) < 4.78 is 34.2. The predicted octanol–water partition coefficient (Wildman–Crippen LogP) is 4.47. The second-order valence-corrected chi connectivity index (χ2v) is 8.72. The molecule has 9 heteroatoms. The Morgan fingerprint density at radius 2 is 1.85 bits per heavy atom. The van der Waals surface area contributed by atoms with Gasteiger partial charge >= 0.3 is 5.97 Å². The van der Waals surface area contributed by atoms with Gasteiger partial charge < -0.3 is 14.8 Å². The number of nitrogens with one attached hydrogen (secondary N) is 1. The number of ether oxygens (including phenoxy) is 2. The highest BCUT2D eigenvalue weighted by molar-refractivity contribution is 7.91. The molecule has 1 N–H and O–H groups in total. The van der Waals surface area contributed by atoms with Gasteiger partial charge in [0.25, 0.3) is 0 Å². The second kappa shape index (κ2) is 8.82. The maximum Gasteiger partial charge on any atom is 0.346 e. The summed E-state index contributed by atoms with van der Waals surface area (Å²) in [6, 6.07) is 9.23. The number of benzene rings is 2. The quantitative estimate of drug-likeness (QED) is 0.651. The Labute approximate surface area is 168 Å². The van der Waals surface area contributed by atoms with Gasteiger partial charge in [-0.05, 0) is 43.3 Å². The summed E-state index contributed by atoms with van der Waals surface area (Å²) in [5, 5.41) is 3.71. The second-order valence-electron chi connectivity index (χ2n) is 5.59. The van der Waals surface area contributed by atoms with Crippen LogP contribution in [0.1, 0.15) is 13.8 Å². The van der Waals surface area contributed by atoms with Crippen molar-refractivity contribution < 1.29 is 22.7 Å². The molecule has 0 bridgehead atoms. The number of esters is 1. The van der Waals surface area contributed by atoms with Crippen LogP contribution in [-0.4, -0.2) is 33.4 Å². The maximum absolute atomic E-state index is 12.0. The Balaban J connectivity index is 2.34. The molecule has 0 saturated heterocycles. The van der Waals surface area contributed by atoms with Crippen molar-refractivity contribution in [1.82, 2.24) is 0 Å².